The van der Waals surface area contributed by atoms with Gasteiger partial charge in [0, 0.05) is 27.9 Å². The van der Waals surface area contributed by atoms with Crippen LogP contribution >= 0.6 is 11.8 Å². The second kappa shape index (κ2) is 5.23. The standard InChI is InChI=1S/C23H20N2S/c24-23(25)12-8-9-20-17(10-12)19-11-18-14-5-2-1-4-13(14)15-6-3-7-16(21(15)18)22(19)26-20/h1-11,16,19,21-23H,24-25H2. The Morgan fingerprint density at radius 3 is 2.58 bits per heavy atom. The van der Waals surface area contributed by atoms with E-state index in [4.69, 9.17) is 11.5 Å². The van der Waals surface area contributed by atoms with Crippen LogP contribution in [0.15, 0.2) is 71.7 Å². The van der Waals surface area contributed by atoms with E-state index in [-0.39, 0.29) is 0 Å². The first-order valence-corrected chi connectivity index (χ1v) is 10.1. The lowest BCUT2D eigenvalue weighted by molar-refractivity contribution is 0.508. The summed E-state index contributed by atoms with van der Waals surface area (Å²) >= 11 is 2.03. The van der Waals surface area contributed by atoms with Crippen molar-refractivity contribution >= 4 is 22.9 Å². The van der Waals surface area contributed by atoms with Gasteiger partial charge in [-0.15, -0.1) is 11.8 Å². The first-order valence-electron chi connectivity index (χ1n) is 9.24. The molecular weight excluding hydrogens is 336 g/mol. The summed E-state index contributed by atoms with van der Waals surface area (Å²) in [5.74, 6) is 1.48. The van der Waals surface area contributed by atoms with Gasteiger partial charge in [-0.2, -0.15) is 0 Å². The van der Waals surface area contributed by atoms with E-state index in [1.54, 1.807) is 0 Å². The van der Waals surface area contributed by atoms with Gasteiger partial charge >= 0.3 is 0 Å². The molecule has 3 aliphatic carbocycles. The van der Waals surface area contributed by atoms with Crippen molar-refractivity contribution in [3.8, 4) is 0 Å². The molecule has 2 aromatic rings. The molecule has 2 aromatic carbocycles. The number of benzene rings is 2. The Labute approximate surface area is 157 Å². The van der Waals surface area contributed by atoms with Gasteiger partial charge in [-0.3, -0.25) is 0 Å². The topological polar surface area (TPSA) is 52.0 Å². The molecule has 3 heteroatoms. The van der Waals surface area contributed by atoms with Crippen LogP contribution in [0.2, 0.25) is 0 Å². The molecule has 26 heavy (non-hydrogen) atoms. The molecule has 1 heterocycles. The van der Waals surface area contributed by atoms with Crippen LogP contribution in [-0.4, -0.2) is 5.25 Å². The van der Waals surface area contributed by atoms with Crippen LogP contribution in [0.4, 0.5) is 0 Å². The molecule has 0 aromatic heterocycles. The first kappa shape index (κ1) is 15.0. The van der Waals surface area contributed by atoms with E-state index in [9.17, 15) is 0 Å². The molecule has 4 atom stereocenters. The van der Waals surface area contributed by atoms with Crippen molar-refractivity contribution in [3.05, 3.63) is 89.0 Å². The van der Waals surface area contributed by atoms with Crippen molar-refractivity contribution in [2.75, 3.05) is 0 Å². The summed E-state index contributed by atoms with van der Waals surface area (Å²) in [6, 6.07) is 15.4. The van der Waals surface area contributed by atoms with E-state index in [1.165, 1.54) is 32.7 Å². The molecule has 1 aliphatic heterocycles. The van der Waals surface area contributed by atoms with Gasteiger partial charge in [0.1, 0.15) is 0 Å². The lowest BCUT2D eigenvalue weighted by Gasteiger charge is -2.37. The second-order valence-electron chi connectivity index (χ2n) is 7.66. The summed E-state index contributed by atoms with van der Waals surface area (Å²) in [6.07, 6.45) is 9.14. The van der Waals surface area contributed by atoms with Crippen LogP contribution in [0.3, 0.4) is 0 Å². The number of hydrogen-bond donors (Lipinski definition) is 2. The van der Waals surface area contributed by atoms with Gasteiger partial charge in [-0.1, -0.05) is 60.7 Å². The number of fused-ring (bicyclic) bond motifs is 7. The fourth-order valence-electron chi connectivity index (χ4n) is 5.22. The van der Waals surface area contributed by atoms with Crippen LogP contribution in [0.5, 0.6) is 0 Å². The third-order valence-corrected chi connectivity index (χ3v) is 7.85. The average Bonchev–Trinajstić information content (AvgIpc) is 3.20. The second-order valence-corrected chi connectivity index (χ2v) is 8.88. The van der Waals surface area contributed by atoms with Crippen molar-refractivity contribution in [2.24, 2.45) is 23.3 Å². The van der Waals surface area contributed by atoms with E-state index < -0.39 is 6.17 Å². The molecule has 0 fully saturated rings. The van der Waals surface area contributed by atoms with Gasteiger partial charge in [-0.05, 0) is 39.5 Å². The summed E-state index contributed by atoms with van der Waals surface area (Å²) in [5, 5.41) is 0.553. The van der Waals surface area contributed by atoms with Gasteiger partial charge in [0.25, 0.3) is 0 Å². The van der Waals surface area contributed by atoms with Crippen LogP contribution in [-0.2, 0) is 0 Å². The zero-order chi connectivity index (χ0) is 17.4. The predicted octanol–water partition coefficient (Wildman–Crippen LogP) is 4.46. The SMILES string of the molecule is NC(N)c1ccc2c(c1)C1C=C3c4ccccc4C4=CC=CC(C43)C1S2. The van der Waals surface area contributed by atoms with Crippen molar-refractivity contribution in [1.29, 1.82) is 0 Å². The fraction of sp³-hybridized carbons (Fsp3) is 0.217. The van der Waals surface area contributed by atoms with E-state index >= 15 is 0 Å². The zero-order valence-electron chi connectivity index (χ0n) is 14.3. The van der Waals surface area contributed by atoms with E-state index in [0.717, 1.165) is 5.56 Å². The van der Waals surface area contributed by atoms with Crippen LogP contribution in [0.1, 0.15) is 34.3 Å². The fourth-order valence-corrected chi connectivity index (χ4v) is 6.77. The van der Waals surface area contributed by atoms with Crippen molar-refractivity contribution < 1.29 is 0 Å². The van der Waals surface area contributed by atoms with E-state index in [1.807, 2.05) is 11.8 Å². The summed E-state index contributed by atoms with van der Waals surface area (Å²) in [4.78, 5) is 1.39. The lowest BCUT2D eigenvalue weighted by atomic mass is 9.69. The first-order chi connectivity index (χ1) is 12.7. The Kier molecular flexibility index (Phi) is 3.02. The number of nitrogens with two attached hydrogens (primary N) is 2. The summed E-state index contributed by atoms with van der Waals surface area (Å²) in [6.45, 7) is 0. The number of rotatable bonds is 1. The Balaban J connectivity index is 1.56. The van der Waals surface area contributed by atoms with Gasteiger partial charge in [0.2, 0.25) is 0 Å². The smallest absolute Gasteiger partial charge is 0.0784 e. The maximum absolute atomic E-state index is 5.94. The van der Waals surface area contributed by atoms with Crippen molar-refractivity contribution in [2.45, 2.75) is 22.2 Å². The summed E-state index contributed by atoms with van der Waals surface area (Å²) in [7, 11) is 0. The number of thioether (sulfide) groups is 1. The third kappa shape index (κ3) is 1.86. The Bertz CT molecular complexity index is 1030. The third-order valence-electron chi connectivity index (χ3n) is 6.35. The largest absolute Gasteiger partial charge is 0.312 e. The molecule has 6 rings (SSSR count). The molecule has 2 nitrogen and oxygen atoms in total. The lowest BCUT2D eigenvalue weighted by Crippen LogP contribution is -2.31. The molecule has 0 saturated heterocycles. The number of allylic oxidation sites excluding steroid dienone is 6. The minimum absolute atomic E-state index is 0.412. The van der Waals surface area contributed by atoms with Crippen LogP contribution in [0.25, 0.3) is 11.1 Å². The minimum Gasteiger partial charge on any atom is -0.312 e. The van der Waals surface area contributed by atoms with Crippen LogP contribution in [0, 0.1) is 11.8 Å². The van der Waals surface area contributed by atoms with Gasteiger partial charge < -0.3 is 11.5 Å². The number of hydrogen-bond acceptors (Lipinski definition) is 3. The molecule has 4 unspecified atom stereocenters. The van der Waals surface area contributed by atoms with E-state index in [2.05, 4.69) is 66.8 Å². The van der Waals surface area contributed by atoms with Gasteiger partial charge in [-0.25, -0.2) is 0 Å². The Morgan fingerprint density at radius 1 is 0.962 bits per heavy atom. The van der Waals surface area contributed by atoms with Crippen molar-refractivity contribution in [1.82, 2.24) is 0 Å². The minimum atomic E-state index is -0.412. The van der Waals surface area contributed by atoms with Gasteiger partial charge in [0.05, 0.1) is 6.17 Å². The highest BCUT2D eigenvalue weighted by molar-refractivity contribution is 8.00. The monoisotopic (exact) mass is 356 g/mol. The molecular formula is C23H20N2S. The highest BCUT2D eigenvalue weighted by Crippen LogP contribution is 2.62. The molecule has 0 amide bonds. The van der Waals surface area contributed by atoms with Gasteiger partial charge in [0.15, 0.2) is 0 Å². The molecule has 4 aliphatic rings. The highest BCUT2D eigenvalue weighted by Gasteiger charge is 2.49. The predicted molar refractivity (Wildman–Crippen MR) is 108 cm³/mol. The zero-order valence-corrected chi connectivity index (χ0v) is 15.1. The van der Waals surface area contributed by atoms with Crippen molar-refractivity contribution in [3.63, 3.8) is 0 Å². The summed E-state index contributed by atoms with van der Waals surface area (Å²) in [5.41, 5.74) is 20.2. The molecule has 4 N–H and O–H groups in total. The Hall–Kier alpha value is -2.07. The quantitative estimate of drug-likeness (QED) is 0.742. The normalized spacial score (nSPS) is 29.7. The maximum atomic E-state index is 5.94. The van der Waals surface area contributed by atoms with Crippen LogP contribution < -0.4 is 11.5 Å². The average molecular weight is 356 g/mol. The molecule has 0 bridgehead atoms. The molecule has 0 saturated carbocycles. The molecule has 0 spiro atoms. The molecule has 0 radical (unpaired) electrons. The molecule has 128 valence electrons. The maximum Gasteiger partial charge on any atom is 0.0784 e. The van der Waals surface area contributed by atoms with E-state index in [0.29, 0.717) is 23.0 Å². The highest BCUT2D eigenvalue weighted by atomic mass is 32.2. The summed E-state index contributed by atoms with van der Waals surface area (Å²) < 4.78 is 0. The Morgan fingerprint density at radius 2 is 1.77 bits per heavy atom.